The molecule has 0 bridgehead atoms. The number of unbranched alkanes of at least 4 members (excludes halogenated alkanes) is 4. The van der Waals surface area contributed by atoms with Crippen LogP contribution in [-0.4, -0.2) is 12.5 Å². The Hall–Kier alpha value is -0.530. The molecule has 2 nitrogen and oxygen atoms in total. The van der Waals surface area contributed by atoms with Crippen LogP contribution in [0.3, 0.4) is 0 Å². The molecule has 0 amide bonds. The highest BCUT2D eigenvalue weighted by atomic mass is 16.5. The van der Waals surface area contributed by atoms with Crippen LogP contribution in [0.15, 0.2) is 0 Å². The average Bonchev–Trinajstić information content (AvgIpc) is 2.05. The third kappa shape index (κ3) is 7.58. The highest BCUT2D eigenvalue weighted by Gasteiger charge is 1.95. The van der Waals surface area contributed by atoms with E-state index >= 15 is 0 Å². The number of ether oxygens (including phenoxy) is 1. The largest absolute Gasteiger partial charge is 0.481 e. The van der Waals surface area contributed by atoms with Gasteiger partial charge in [-0.15, -0.1) is 0 Å². The third-order valence-corrected chi connectivity index (χ3v) is 1.83. The normalized spacial score (nSPS) is 9.83. The fourth-order valence-electron chi connectivity index (χ4n) is 1.14. The van der Waals surface area contributed by atoms with Gasteiger partial charge >= 0.3 is 0 Å². The Labute approximate surface area is 75.8 Å². The van der Waals surface area contributed by atoms with Crippen molar-refractivity contribution < 1.29 is 4.74 Å². The first kappa shape index (κ1) is 11.5. The first-order chi connectivity index (χ1) is 5.81. The van der Waals surface area contributed by atoms with E-state index in [1.807, 2.05) is 6.92 Å². The Morgan fingerprint density at radius 1 is 1.08 bits per heavy atom. The highest BCUT2D eigenvalue weighted by molar-refractivity contribution is 5.72. The second-order valence-corrected chi connectivity index (χ2v) is 3.02. The maximum absolute atomic E-state index is 7.35. The van der Waals surface area contributed by atoms with E-state index in [9.17, 15) is 0 Å². The van der Waals surface area contributed by atoms with Crippen LogP contribution in [0.5, 0.6) is 0 Å². The molecule has 12 heavy (non-hydrogen) atoms. The minimum Gasteiger partial charge on any atom is -0.481 e. The lowest BCUT2D eigenvalue weighted by Crippen LogP contribution is -2.01. The minimum atomic E-state index is 0.453. The van der Waals surface area contributed by atoms with Crippen molar-refractivity contribution >= 4 is 5.90 Å². The van der Waals surface area contributed by atoms with Gasteiger partial charge in [-0.3, -0.25) is 5.41 Å². The summed E-state index contributed by atoms with van der Waals surface area (Å²) in [5, 5.41) is 7.35. The van der Waals surface area contributed by atoms with Crippen molar-refractivity contribution in [2.75, 3.05) is 6.61 Å². The molecule has 1 N–H and O–H groups in total. The van der Waals surface area contributed by atoms with Gasteiger partial charge in [-0.25, -0.2) is 0 Å². The van der Waals surface area contributed by atoms with Crippen molar-refractivity contribution in [1.29, 1.82) is 5.41 Å². The molecule has 0 fully saturated rings. The van der Waals surface area contributed by atoms with Crippen molar-refractivity contribution in [3.8, 4) is 0 Å². The van der Waals surface area contributed by atoms with Crippen molar-refractivity contribution in [3.05, 3.63) is 0 Å². The molecule has 0 aromatic rings. The number of rotatable bonds is 7. The van der Waals surface area contributed by atoms with Crippen molar-refractivity contribution in [2.24, 2.45) is 0 Å². The summed E-state index contributed by atoms with van der Waals surface area (Å²) in [4.78, 5) is 0. The lowest BCUT2D eigenvalue weighted by Gasteiger charge is -2.03. The summed E-state index contributed by atoms with van der Waals surface area (Å²) < 4.78 is 5.03. The number of nitrogens with one attached hydrogen (secondary N) is 1. The fourth-order valence-corrected chi connectivity index (χ4v) is 1.14. The van der Waals surface area contributed by atoms with Crippen LogP contribution in [0.25, 0.3) is 0 Å². The predicted octanol–water partition coefficient (Wildman–Crippen LogP) is 3.36. The maximum Gasteiger partial charge on any atom is 0.180 e. The van der Waals surface area contributed by atoms with Gasteiger partial charge in [-0.1, -0.05) is 32.6 Å². The zero-order valence-corrected chi connectivity index (χ0v) is 8.36. The Morgan fingerprint density at radius 2 is 1.75 bits per heavy atom. The van der Waals surface area contributed by atoms with Crippen LogP contribution in [-0.2, 0) is 4.74 Å². The topological polar surface area (TPSA) is 33.1 Å². The molecular weight excluding hydrogens is 150 g/mol. The molecule has 0 spiro atoms. The van der Waals surface area contributed by atoms with E-state index < -0.39 is 0 Å². The monoisotopic (exact) mass is 171 g/mol. The summed E-state index contributed by atoms with van der Waals surface area (Å²) in [7, 11) is 0. The van der Waals surface area contributed by atoms with Crippen LogP contribution < -0.4 is 0 Å². The average molecular weight is 171 g/mol. The molecule has 0 saturated heterocycles. The molecule has 0 atom stereocenters. The summed E-state index contributed by atoms with van der Waals surface area (Å²) in [6.07, 6.45) is 7.07. The zero-order valence-electron chi connectivity index (χ0n) is 8.36. The van der Waals surface area contributed by atoms with Gasteiger partial charge < -0.3 is 4.74 Å². The standard InChI is InChI=1S/C10H21NO/c1-3-5-6-7-8-9-10(11)12-4-2/h11H,3-9H2,1-2H3. The van der Waals surface area contributed by atoms with E-state index in [1.54, 1.807) is 0 Å². The molecule has 0 aliphatic heterocycles. The van der Waals surface area contributed by atoms with Crippen molar-refractivity contribution in [2.45, 2.75) is 52.4 Å². The van der Waals surface area contributed by atoms with E-state index in [0.29, 0.717) is 12.5 Å². The predicted molar refractivity (Wildman–Crippen MR) is 52.7 cm³/mol. The van der Waals surface area contributed by atoms with E-state index in [4.69, 9.17) is 10.1 Å². The van der Waals surface area contributed by atoms with Crippen LogP contribution in [0.2, 0.25) is 0 Å². The SMILES string of the molecule is CCCCCCCC(=N)OCC. The third-order valence-electron chi connectivity index (χ3n) is 1.83. The van der Waals surface area contributed by atoms with Gasteiger partial charge in [-0.2, -0.15) is 0 Å². The number of hydrogen-bond acceptors (Lipinski definition) is 2. The van der Waals surface area contributed by atoms with Crippen LogP contribution >= 0.6 is 0 Å². The summed E-state index contributed by atoms with van der Waals surface area (Å²) in [6, 6.07) is 0. The van der Waals surface area contributed by atoms with Crippen LogP contribution in [0.1, 0.15) is 52.4 Å². The van der Waals surface area contributed by atoms with Gasteiger partial charge in [0.2, 0.25) is 0 Å². The molecule has 0 aromatic carbocycles. The summed E-state index contributed by atoms with van der Waals surface area (Å²) in [6.45, 7) is 4.77. The lowest BCUT2D eigenvalue weighted by molar-refractivity contribution is 0.312. The summed E-state index contributed by atoms with van der Waals surface area (Å²) in [5.74, 6) is 0.453. The molecule has 0 unspecified atom stereocenters. The molecule has 0 saturated carbocycles. The van der Waals surface area contributed by atoms with Gasteiger partial charge in [-0.05, 0) is 13.3 Å². The van der Waals surface area contributed by atoms with Crippen LogP contribution in [0, 0.1) is 5.41 Å². The molecule has 0 aliphatic rings. The highest BCUT2D eigenvalue weighted by Crippen LogP contribution is 2.05. The molecule has 0 aliphatic carbocycles. The molecular formula is C10H21NO. The summed E-state index contributed by atoms with van der Waals surface area (Å²) in [5.41, 5.74) is 0. The first-order valence-electron chi connectivity index (χ1n) is 5.01. The van der Waals surface area contributed by atoms with Crippen molar-refractivity contribution in [1.82, 2.24) is 0 Å². The van der Waals surface area contributed by atoms with Crippen LogP contribution in [0.4, 0.5) is 0 Å². The maximum atomic E-state index is 7.35. The second-order valence-electron chi connectivity index (χ2n) is 3.02. The summed E-state index contributed by atoms with van der Waals surface area (Å²) >= 11 is 0. The molecule has 0 radical (unpaired) electrons. The van der Waals surface area contributed by atoms with Crippen molar-refractivity contribution in [3.63, 3.8) is 0 Å². The first-order valence-corrected chi connectivity index (χ1v) is 5.01. The van der Waals surface area contributed by atoms with E-state index in [0.717, 1.165) is 12.8 Å². The van der Waals surface area contributed by atoms with Gasteiger partial charge in [0.1, 0.15) is 0 Å². The Kier molecular flexibility index (Phi) is 8.19. The fraction of sp³-hybridized carbons (Fsp3) is 0.900. The molecule has 72 valence electrons. The molecule has 0 aromatic heterocycles. The van der Waals surface area contributed by atoms with Gasteiger partial charge in [0.25, 0.3) is 0 Å². The number of hydrogen-bond donors (Lipinski definition) is 1. The Balaban J connectivity index is 3.03. The minimum absolute atomic E-state index is 0.453. The Morgan fingerprint density at radius 3 is 2.33 bits per heavy atom. The van der Waals surface area contributed by atoms with E-state index in [-0.39, 0.29) is 0 Å². The zero-order chi connectivity index (χ0) is 9.23. The lowest BCUT2D eigenvalue weighted by atomic mass is 10.1. The van der Waals surface area contributed by atoms with E-state index in [1.165, 1.54) is 25.7 Å². The van der Waals surface area contributed by atoms with E-state index in [2.05, 4.69) is 6.92 Å². The second kappa shape index (κ2) is 8.57. The molecule has 2 heteroatoms. The smallest absolute Gasteiger partial charge is 0.180 e. The molecule has 0 heterocycles. The van der Waals surface area contributed by atoms with Gasteiger partial charge in [0, 0.05) is 6.42 Å². The molecule has 0 rings (SSSR count). The van der Waals surface area contributed by atoms with Gasteiger partial charge in [0.05, 0.1) is 6.61 Å². The quantitative estimate of drug-likeness (QED) is 0.355. The van der Waals surface area contributed by atoms with Gasteiger partial charge in [0.15, 0.2) is 5.90 Å². The Bertz CT molecular complexity index is 112.